The van der Waals surface area contributed by atoms with Crippen molar-refractivity contribution in [1.82, 2.24) is 9.97 Å². The van der Waals surface area contributed by atoms with Crippen LogP contribution in [0, 0.1) is 13.8 Å². The smallest absolute Gasteiger partial charge is 0.321 e. The molecule has 0 unspecified atom stereocenters. The van der Waals surface area contributed by atoms with Crippen LogP contribution in [0.3, 0.4) is 0 Å². The Morgan fingerprint density at radius 3 is 2.22 bits per heavy atom. The van der Waals surface area contributed by atoms with E-state index in [1.807, 2.05) is 56.3 Å². The van der Waals surface area contributed by atoms with E-state index < -0.39 is 0 Å². The van der Waals surface area contributed by atoms with Crippen LogP contribution < -0.4 is 14.8 Å². The number of nitrogens with zero attached hydrogens (tertiary/aromatic N) is 2. The molecule has 0 saturated carbocycles. The molecule has 32 heavy (non-hydrogen) atoms. The molecule has 0 aliphatic rings. The van der Waals surface area contributed by atoms with E-state index in [9.17, 15) is 4.79 Å². The van der Waals surface area contributed by atoms with Crippen LogP contribution in [0.5, 0.6) is 17.5 Å². The SMILES string of the molecule is COc1cccc(Oc2ncc(-c3cccc(C(=O)Nc4cc(C)cc(C)c4)c3)cn2)c1. The highest BCUT2D eigenvalue weighted by molar-refractivity contribution is 6.05. The second kappa shape index (κ2) is 9.31. The zero-order valence-electron chi connectivity index (χ0n) is 18.1. The fourth-order valence-electron chi connectivity index (χ4n) is 3.38. The molecule has 0 fully saturated rings. The molecule has 4 rings (SSSR count). The average molecular weight is 425 g/mol. The molecule has 0 spiro atoms. The van der Waals surface area contributed by atoms with E-state index in [4.69, 9.17) is 9.47 Å². The highest BCUT2D eigenvalue weighted by Crippen LogP contribution is 2.25. The first-order valence-electron chi connectivity index (χ1n) is 10.1. The molecule has 1 amide bonds. The van der Waals surface area contributed by atoms with Crippen molar-refractivity contribution in [2.75, 3.05) is 12.4 Å². The van der Waals surface area contributed by atoms with Gasteiger partial charge in [0.25, 0.3) is 5.91 Å². The number of hydrogen-bond acceptors (Lipinski definition) is 5. The number of rotatable bonds is 6. The normalized spacial score (nSPS) is 10.5. The van der Waals surface area contributed by atoms with Crippen molar-refractivity contribution in [3.8, 4) is 28.6 Å². The van der Waals surface area contributed by atoms with Crippen LogP contribution in [0.4, 0.5) is 5.69 Å². The number of hydrogen-bond donors (Lipinski definition) is 1. The molecule has 160 valence electrons. The Morgan fingerprint density at radius 2 is 1.50 bits per heavy atom. The van der Waals surface area contributed by atoms with Gasteiger partial charge in [-0.3, -0.25) is 4.79 Å². The van der Waals surface area contributed by atoms with E-state index in [1.54, 1.807) is 37.7 Å². The number of carbonyl (C=O) groups excluding carboxylic acids is 1. The van der Waals surface area contributed by atoms with Crippen LogP contribution in [0.15, 0.2) is 79.1 Å². The second-order valence-electron chi connectivity index (χ2n) is 7.45. The van der Waals surface area contributed by atoms with Gasteiger partial charge >= 0.3 is 6.01 Å². The van der Waals surface area contributed by atoms with Crippen LogP contribution in [-0.4, -0.2) is 23.0 Å². The van der Waals surface area contributed by atoms with Crippen LogP contribution in [0.25, 0.3) is 11.1 Å². The summed E-state index contributed by atoms with van der Waals surface area (Å²) in [6, 6.07) is 20.8. The van der Waals surface area contributed by atoms with Gasteiger partial charge in [0.15, 0.2) is 0 Å². The standard InChI is InChI=1S/C26H23N3O3/c1-17-10-18(2)12-22(11-17)29-25(30)20-7-4-6-19(13-20)21-15-27-26(28-16-21)32-24-9-5-8-23(14-24)31-3/h4-16H,1-3H3,(H,29,30). The van der Waals surface area contributed by atoms with Crippen molar-refractivity contribution < 1.29 is 14.3 Å². The molecule has 0 saturated heterocycles. The van der Waals surface area contributed by atoms with Gasteiger partial charge in [-0.15, -0.1) is 0 Å². The molecule has 6 nitrogen and oxygen atoms in total. The molecule has 1 aromatic heterocycles. The summed E-state index contributed by atoms with van der Waals surface area (Å²) < 4.78 is 10.9. The largest absolute Gasteiger partial charge is 0.497 e. The fourth-order valence-corrected chi connectivity index (χ4v) is 3.38. The van der Waals surface area contributed by atoms with Gasteiger partial charge in [0, 0.05) is 35.3 Å². The monoisotopic (exact) mass is 425 g/mol. The highest BCUT2D eigenvalue weighted by Gasteiger charge is 2.10. The van der Waals surface area contributed by atoms with E-state index in [2.05, 4.69) is 21.4 Å². The highest BCUT2D eigenvalue weighted by atomic mass is 16.5. The predicted octanol–water partition coefficient (Wildman–Crippen LogP) is 5.81. The number of methoxy groups -OCH3 is 1. The molecule has 0 bridgehead atoms. The Kier molecular flexibility index (Phi) is 6.12. The van der Waals surface area contributed by atoms with Gasteiger partial charge in [-0.2, -0.15) is 0 Å². The summed E-state index contributed by atoms with van der Waals surface area (Å²) in [4.78, 5) is 21.3. The topological polar surface area (TPSA) is 73.3 Å². The Morgan fingerprint density at radius 1 is 0.812 bits per heavy atom. The Hall–Kier alpha value is -4.19. The number of carbonyl (C=O) groups is 1. The van der Waals surface area contributed by atoms with Crippen molar-refractivity contribution >= 4 is 11.6 Å². The Labute approximate surface area is 186 Å². The van der Waals surface area contributed by atoms with E-state index >= 15 is 0 Å². The number of ether oxygens (including phenoxy) is 2. The summed E-state index contributed by atoms with van der Waals surface area (Å²) in [5.41, 5.74) is 5.15. The third kappa shape index (κ3) is 5.10. The molecule has 0 radical (unpaired) electrons. The van der Waals surface area contributed by atoms with Gasteiger partial charge in [0.1, 0.15) is 11.5 Å². The van der Waals surface area contributed by atoms with Crippen molar-refractivity contribution in [2.24, 2.45) is 0 Å². The molecule has 1 N–H and O–H groups in total. The minimum Gasteiger partial charge on any atom is -0.497 e. The first-order chi connectivity index (χ1) is 15.5. The van der Waals surface area contributed by atoms with Gasteiger partial charge in [-0.1, -0.05) is 24.3 Å². The summed E-state index contributed by atoms with van der Waals surface area (Å²) in [7, 11) is 1.60. The molecule has 0 aliphatic heterocycles. The lowest BCUT2D eigenvalue weighted by atomic mass is 10.1. The van der Waals surface area contributed by atoms with Crippen LogP contribution in [-0.2, 0) is 0 Å². The molecule has 0 aliphatic carbocycles. The first kappa shape index (κ1) is 21.1. The van der Waals surface area contributed by atoms with Gasteiger partial charge in [-0.25, -0.2) is 9.97 Å². The average Bonchev–Trinajstić information content (AvgIpc) is 2.79. The maximum atomic E-state index is 12.8. The van der Waals surface area contributed by atoms with Crippen LogP contribution >= 0.6 is 0 Å². The van der Waals surface area contributed by atoms with Crippen molar-refractivity contribution in [2.45, 2.75) is 13.8 Å². The minimum absolute atomic E-state index is 0.171. The van der Waals surface area contributed by atoms with E-state index in [0.29, 0.717) is 17.1 Å². The van der Waals surface area contributed by atoms with Gasteiger partial charge in [-0.05, 0) is 66.9 Å². The molecular weight excluding hydrogens is 402 g/mol. The zero-order valence-corrected chi connectivity index (χ0v) is 18.1. The minimum atomic E-state index is -0.171. The maximum Gasteiger partial charge on any atom is 0.321 e. The lowest BCUT2D eigenvalue weighted by Gasteiger charge is -2.09. The third-order valence-corrected chi connectivity index (χ3v) is 4.82. The zero-order chi connectivity index (χ0) is 22.5. The molecule has 3 aromatic carbocycles. The predicted molar refractivity (Wildman–Crippen MR) is 124 cm³/mol. The van der Waals surface area contributed by atoms with Crippen molar-refractivity contribution in [3.63, 3.8) is 0 Å². The van der Waals surface area contributed by atoms with Gasteiger partial charge in [0.05, 0.1) is 7.11 Å². The van der Waals surface area contributed by atoms with Gasteiger partial charge in [0.2, 0.25) is 0 Å². The maximum absolute atomic E-state index is 12.8. The summed E-state index contributed by atoms with van der Waals surface area (Å²) in [6.07, 6.45) is 3.34. The number of anilines is 1. The molecule has 0 atom stereocenters. The second-order valence-corrected chi connectivity index (χ2v) is 7.45. The Bertz CT molecular complexity index is 1230. The number of amides is 1. The number of aromatic nitrogens is 2. The summed E-state index contributed by atoms with van der Waals surface area (Å²) in [5, 5.41) is 2.96. The Balaban J connectivity index is 1.49. The molecule has 1 heterocycles. The summed E-state index contributed by atoms with van der Waals surface area (Å²) >= 11 is 0. The third-order valence-electron chi connectivity index (χ3n) is 4.82. The lowest BCUT2D eigenvalue weighted by molar-refractivity contribution is 0.102. The van der Waals surface area contributed by atoms with Crippen LogP contribution in [0.1, 0.15) is 21.5 Å². The van der Waals surface area contributed by atoms with E-state index in [0.717, 1.165) is 27.9 Å². The molecular formula is C26H23N3O3. The van der Waals surface area contributed by atoms with Crippen molar-refractivity contribution in [1.29, 1.82) is 0 Å². The van der Waals surface area contributed by atoms with E-state index in [-0.39, 0.29) is 11.9 Å². The quantitative estimate of drug-likeness (QED) is 0.422. The van der Waals surface area contributed by atoms with Gasteiger partial charge < -0.3 is 14.8 Å². The van der Waals surface area contributed by atoms with Crippen molar-refractivity contribution in [3.05, 3.63) is 95.8 Å². The van der Waals surface area contributed by atoms with Crippen LogP contribution in [0.2, 0.25) is 0 Å². The van der Waals surface area contributed by atoms with E-state index in [1.165, 1.54) is 0 Å². The fraction of sp³-hybridized carbons (Fsp3) is 0.115. The molecule has 4 aromatic rings. The number of benzene rings is 3. The summed E-state index contributed by atoms with van der Waals surface area (Å²) in [6.45, 7) is 4.01. The number of aryl methyl sites for hydroxylation is 2. The summed E-state index contributed by atoms with van der Waals surface area (Å²) in [5.74, 6) is 1.10. The number of nitrogens with one attached hydrogen (secondary N) is 1. The first-order valence-corrected chi connectivity index (χ1v) is 10.1. The molecule has 6 heteroatoms. The lowest BCUT2D eigenvalue weighted by Crippen LogP contribution is -2.12.